The Balaban J connectivity index is 2.52. The largest absolute Gasteiger partial charge is 0.0649 e. The van der Waals surface area contributed by atoms with Crippen LogP contribution in [0.5, 0.6) is 0 Å². The average Bonchev–Trinajstić information content (AvgIpc) is 2.42. The molecule has 1 rings (SSSR count). The average molecular weight is 140 g/mol. The Kier molecular flexibility index (Phi) is 1.82. The van der Waals surface area contributed by atoms with Crippen LogP contribution in [0.3, 0.4) is 0 Å². The van der Waals surface area contributed by atoms with E-state index in [-0.39, 0.29) is 0 Å². The van der Waals surface area contributed by atoms with Crippen molar-refractivity contribution >= 4 is 0 Å². The minimum atomic E-state index is 0.596. The number of rotatable bonds is 2. The predicted octanol–water partition coefficient (Wildman–Crippen LogP) is 3.32. The lowest BCUT2D eigenvalue weighted by Crippen LogP contribution is -2.14. The normalized spacial score (nSPS) is 39.9. The molecule has 1 saturated carbocycles. The molecule has 0 aromatic heterocycles. The van der Waals surface area contributed by atoms with Gasteiger partial charge in [0.2, 0.25) is 0 Å². The molecular formula is C10H20. The van der Waals surface area contributed by atoms with Gasteiger partial charge in [0.05, 0.1) is 0 Å². The SMILES string of the molecule is CCC(C)(C)C1C(C)C1C. The first-order chi connectivity index (χ1) is 4.50. The van der Waals surface area contributed by atoms with Crippen LogP contribution in [0.25, 0.3) is 0 Å². The molecule has 10 heavy (non-hydrogen) atoms. The topological polar surface area (TPSA) is 0 Å². The van der Waals surface area contributed by atoms with Gasteiger partial charge in [0, 0.05) is 0 Å². The molecule has 0 saturated heterocycles. The molecule has 0 aromatic carbocycles. The highest BCUT2D eigenvalue weighted by molar-refractivity contribution is 4.98. The van der Waals surface area contributed by atoms with E-state index in [2.05, 4.69) is 34.6 Å². The van der Waals surface area contributed by atoms with Crippen molar-refractivity contribution in [3.05, 3.63) is 0 Å². The summed E-state index contributed by atoms with van der Waals surface area (Å²) < 4.78 is 0. The van der Waals surface area contributed by atoms with Crippen LogP contribution < -0.4 is 0 Å². The fourth-order valence-electron chi connectivity index (χ4n) is 2.32. The van der Waals surface area contributed by atoms with Gasteiger partial charge in [-0.05, 0) is 23.2 Å². The second kappa shape index (κ2) is 2.25. The second-order valence-corrected chi connectivity index (χ2v) is 4.59. The van der Waals surface area contributed by atoms with E-state index in [1.165, 1.54) is 6.42 Å². The maximum Gasteiger partial charge on any atom is -0.0306 e. The molecule has 0 spiro atoms. The first-order valence-electron chi connectivity index (χ1n) is 4.50. The lowest BCUT2D eigenvalue weighted by Gasteiger charge is -2.22. The van der Waals surface area contributed by atoms with E-state index in [0.717, 1.165) is 17.8 Å². The van der Waals surface area contributed by atoms with Gasteiger partial charge in [0.15, 0.2) is 0 Å². The molecule has 0 N–H and O–H groups in total. The van der Waals surface area contributed by atoms with E-state index >= 15 is 0 Å². The van der Waals surface area contributed by atoms with Crippen LogP contribution in [-0.4, -0.2) is 0 Å². The van der Waals surface area contributed by atoms with Crippen LogP contribution in [0.15, 0.2) is 0 Å². The van der Waals surface area contributed by atoms with Crippen molar-refractivity contribution in [2.45, 2.75) is 41.0 Å². The molecule has 0 aromatic rings. The van der Waals surface area contributed by atoms with Crippen LogP contribution >= 0.6 is 0 Å². The smallest absolute Gasteiger partial charge is 0.0306 e. The maximum atomic E-state index is 2.40. The van der Waals surface area contributed by atoms with Crippen molar-refractivity contribution in [2.24, 2.45) is 23.2 Å². The zero-order valence-corrected chi connectivity index (χ0v) is 7.94. The summed E-state index contributed by atoms with van der Waals surface area (Å²) in [4.78, 5) is 0. The molecule has 0 heterocycles. The summed E-state index contributed by atoms with van der Waals surface area (Å²) >= 11 is 0. The zero-order valence-electron chi connectivity index (χ0n) is 7.94. The highest BCUT2D eigenvalue weighted by Crippen LogP contribution is 2.56. The molecule has 0 radical (unpaired) electrons. The van der Waals surface area contributed by atoms with Crippen LogP contribution in [-0.2, 0) is 0 Å². The minimum absolute atomic E-state index is 0.596. The van der Waals surface area contributed by atoms with Crippen molar-refractivity contribution in [1.29, 1.82) is 0 Å². The fourth-order valence-corrected chi connectivity index (χ4v) is 2.32. The molecule has 0 aliphatic heterocycles. The molecular weight excluding hydrogens is 120 g/mol. The third-order valence-corrected chi connectivity index (χ3v) is 3.63. The Hall–Kier alpha value is 0. The van der Waals surface area contributed by atoms with Gasteiger partial charge in [-0.3, -0.25) is 0 Å². The zero-order chi connectivity index (χ0) is 7.94. The summed E-state index contributed by atoms with van der Waals surface area (Å²) in [6.07, 6.45) is 1.33. The van der Waals surface area contributed by atoms with Gasteiger partial charge < -0.3 is 0 Å². The summed E-state index contributed by atoms with van der Waals surface area (Å²) in [7, 11) is 0. The maximum absolute atomic E-state index is 2.40. The van der Waals surface area contributed by atoms with Gasteiger partial charge in [0.1, 0.15) is 0 Å². The van der Waals surface area contributed by atoms with Crippen molar-refractivity contribution in [2.75, 3.05) is 0 Å². The van der Waals surface area contributed by atoms with Crippen molar-refractivity contribution in [1.82, 2.24) is 0 Å². The summed E-state index contributed by atoms with van der Waals surface area (Å²) in [6.45, 7) is 11.9. The summed E-state index contributed by atoms with van der Waals surface area (Å²) in [5, 5.41) is 0. The second-order valence-electron chi connectivity index (χ2n) is 4.59. The van der Waals surface area contributed by atoms with Crippen LogP contribution in [0.1, 0.15) is 41.0 Å². The van der Waals surface area contributed by atoms with Gasteiger partial charge in [-0.15, -0.1) is 0 Å². The molecule has 1 aliphatic carbocycles. The van der Waals surface area contributed by atoms with E-state index in [9.17, 15) is 0 Å². The van der Waals surface area contributed by atoms with Crippen molar-refractivity contribution < 1.29 is 0 Å². The third-order valence-electron chi connectivity index (χ3n) is 3.63. The van der Waals surface area contributed by atoms with E-state index in [4.69, 9.17) is 0 Å². The molecule has 0 amide bonds. The summed E-state index contributed by atoms with van der Waals surface area (Å²) in [5.74, 6) is 2.96. The lowest BCUT2D eigenvalue weighted by molar-refractivity contribution is 0.274. The van der Waals surface area contributed by atoms with Crippen LogP contribution in [0.2, 0.25) is 0 Å². The predicted molar refractivity (Wildman–Crippen MR) is 45.9 cm³/mol. The first kappa shape index (κ1) is 8.10. The van der Waals surface area contributed by atoms with Gasteiger partial charge in [0.25, 0.3) is 0 Å². The number of hydrogen-bond acceptors (Lipinski definition) is 0. The monoisotopic (exact) mass is 140 g/mol. The van der Waals surface area contributed by atoms with Gasteiger partial charge in [-0.1, -0.05) is 41.0 Å². The Morgan fingerprint density at radius 1 is 1.10 bits per heavy atom. The van der Waals surface area contributed by atoms with E-state index in [0.29, 0.717) is 5.41 Å². The van der Waals surface area contributed by atoms with E-state index in [1.807, 2.05) is 0 Å². The quantitative estimate of drug-likeness (QED) is 0.552. The standard InChI is InChI=1S/C10H20/c1-6-10(4,5)9-7(2)8(9)3/h7-9H,6H2,1-5H3. The highest BCUT2D eigenvalue weighted by atomic mass is 14.6. The molecule has 0 heteroatoms. The molecule has 0 bridgehead atoms. The Morgan fingerprint density at radius 3 is 1.60 bits per heavy atom. The first-order valence-corrected chi connectivity index (χ1v) is 4.50. The van der Waals surface area contributed by atoms with E-state index in [1.54, 1.807) is 0 Å². The van der Waals surface area contributed by atoms with Gasteiger partial charge in [-0.2, -0.15) is 0 Å². The molecule has 0 nitrogen and oxygen atoms in total. The molecule has 1 aliphatic rings. The number of hydrogen-bond donors (Lipinski definition) is 0. The van der Waals surface area contributed by atoms with Crippen LogP contribution in [0.4, 0.5) is 0 Å². The summed E-state index contributed by atoms with van der Waals surface area (Å²) in [6, 6.07) is 0. The minimum Gasteiger partial charge on any atom is -0.0649 e. The van der Waals surface area contributed by atoms with Gasteiger partial charge >= 0.3 is 0 Å². The molecule has 60 valence electrons. The Bertz CT molecular complexity index is 116. The van der Waals surface area contributed by atoms with E-state index < -0.39 is 0 Å². The fraction of sp³-hybridized carbons (Fsp3) is 1.00. The Labute approximate surface area is 65.0 Å². The molecule has 2 atom stereocenters. The lowest BCUT2D eigenvalue weighted by atomic mass is 9.83. The highest BCUT2D eigenvalue weighted by Gasteiger charge is 2.50. The third kappa shape index (κ3) is 1.09. The van der Waals surface area contributed by atoms with Crippen LogP contribution in [0, 0.1) is 23.2 Å². The van der Waals surface area contributed by atoms with Gasteiger partial charge in [-0.25, -0.2) is 0 Å². The van der Waals surface area contributed by atoms with Crippen molar-refractivity contribution in [3.8, 4) is 0 Å². The molecule has 1 fully saturated rings. The molecule has 2 unspecified atom stereocenters. The Morgan fingerprint density at radius 2 is 1.50 bits per heavy atom. The van der Waals surface area contributed by atoms with Crippen molar-refractivity contribution in [3.63, 3.8) is 0 Å². The summed E-state index contributed by atoms with van der Waals surface area (Å²) in [5.41, 5.74) is 0.596.